The average molecular weight is 354 g/mol. The van der Waals surface area contributed by atoms with E-state index in [2.05, 4.69) is 26.2 Å². The summed E-state index contributed by atoms with van der Waals surface area (Å²) in [7, 11) is 1.67. The van der Waals surface area contributed by atoms with Crippen LogP contribution in [0.3, 0.4) is 0 Å². The third-order valence-electron chi connectivity index (χ3n) is 2.33. The number of allylic oxidation sites excluding steroid dienone is 1. The number of carbonyl (C=O) groups is 1. The molecule has 0 spiro atoms. The Balaban J connectivity index is 2.94. The number of amides is 1. The van der Waals surface area contributed by atoms with Gasteiger partial charge in [-0.05, 0) is 45.0 Å². The Bertz CT molecular complexity index is 575. The highest BCUT2D eigenvalue weighted by atomic mass is 79.9. The summed E-state index contributed by atoms with van der Waals surface area (Å²) in [6.07, 6.45) is 2.79. The van der Waals surface area contributed by atoms with Gasteiger partial charge in [0, 0.05) is 34.7 Å². The number of halogens is 1. The third-order valence-corrected chi connectivity index (χ3v) is 3.02. The summed E-state index contributed by atoms with van der Waals surface area (Å²) in [5.41, 5.74) is 7.35. The molecular formula is C15H20BrN3O2. The maximum atomic E-state index is 11.8. The summed E-state index contributed by atoms with van der Waals surface area (Å²) in [4.78, 5) is 15.6. The zero-order valence-corrected chi connectivity index (χ0v) is 14.2. The van der Waals surface area contributed by atoms with Crippen LogP contribution < -0.4 is 11.1 Å². The van der Waals surface area contributed by atoms with Crippen LogP contribution in [0.25, 0.3) is 5.70 Å². The van der Waals surface area contributed by atoms with Gasteiger partial charge in [0.1, 0.15) is 5.60 Å². The summed E-state index contributed by atoms with van der Waals surface area (Å²) in [6.45, 7) is 5.43. The van der Waals surface area contributed by atoms with Crippen LogP contribution in [0.2, 0.25) is 0 Å². The topological polar surface area (TPSA) is 76.7 Å². The maximum absolute atomic E-state index is 11.8. The van der Waals surface area contributed by atoms with Crippen molar-refractivity contribution in [2.24, 2.45) is 10.7 Å². The highest BCUT2D eigenvalue weighted by Gasteiger charge is 2.16. The van der Waals surface area contributed by atoms with Gasteiger partial charge in [-0.25, -0.2) is 4.79 Å². The molecular weight excluding hydrogens is 334 g/mol. The summed E-state index contributed by atoms with van der Waals surface area (Å²) in [5.74, 6) is 0. The van der Waals surface area contributed by atoms with E-state index in [1.807, 2.05) is 26.8 Å². The van der Waals surface area contributed by atoms with Gasteiger partial charge in [-0.1, -0.05) is 15.9 Å². The fourth-order valence-corrected chi connectivity index (χ4v) is 1.97. The molecule has 0 heterocycles. The number of benzene rings is 1. The van der Waals surface area contributed by atoms with E-state index in [4.69, 9.17) is 10.5 Å². The van der Waals surface area contributed by atoms with Gasteiger partial charge >= 0.3 is 6.09 Å². The Kier molecular flexibility index (Phi) is 5.96. The molecule has 0 bridgehead atoms. The Morgan fingerprint density at radius 3 is 2.67 bits per heavy atom. The molecule has 1 amide bonds. The van der Waals surface area contributed by atoms with Crippen molar-refractivity contribution in [2.45, 2.75) is 26.4 Å². The molecule has 0 aliphatic carbocycles. The fraction of sp³-hybridized carbons (Fsp3) is 0.333. The van der Waals surface area contributed by atoms with Crippen molar-refractivity contribution < 1.29 is 9.53 Å². The number of hydrogen-bond donors (Lipinski definition) is 2. The molecule has 0 atom stereocenters. The lowest BCUT2D eigenvalue weighted by Crippen LogP contribution is -2.27. The van der Waals surface area contributed by atoms with Gasteiger partial charge in [0.05, 0.1) is 0 Å². The van der Waals surface area contributed by atoms with Gasteiger partial charge < -0.3 is 10.5 Å². The van der Waals surface area contributed by atoms with E-state index in [9.17, 15) is 4.79 Å². The fourth-order valence-electron chi connectivity index (χ4n) is 1.49. The Labute approximate surface area is 133 Å². The standard InChI is InChI=1S/C15H20BrN3O2/c1-15(2,3)21-14(20)19-10-5-6-12(16)11(9-10)13(17)7-8-18-4/h5-9H,17H2,1-4H3,(H,19,20)/b13-7-,18-8?. The molecule has 1 aromatic carbocycles. The molecule has 0 saturated heterocycles. The normalized spacial score (nSPS) is 12.5. The third kappa shape index (κ3) is 5.99. The van der Waals surface area contributed by atoms with Gasteiger partial charge in [-0.3, -0.25) is 10.3 Å². The summed E-state index contributed by atoms with van der Waals surface area (Å²) >= 11 is 3.43. The predicted octanol–water partition coefficient (Wildman–Crippen LogP) is 3.80. The zero-order valence-electron chi connectivity index (χ0n) is 12.6. The second kappa shape index (κ2) is 7.26. The van der Waals surface area contributed by atoms with Crippen LogP contribution in [0.5, 0.6) is 0 Å². The van der Waals surface area contributed by atoms with Crippen LogP contribution in [-0.2, 0) is 4.74 Å². The lowest BCUT2D eigenvalue weighted by atomic mass is 10.1. The van der Waals surface area contributed by atoms with Crippen LogP contribution in [-0.4, -0.2) is 25.0 Å². The van der Waals surface area contributed by atoms with Crippen LogP contribution in [0, 0.1) is 0 Å². The largest absolute Gasteiger partial charge is 0.444 e. The molecule has 0 unspecified atom stereocenters. The lowest BCUT2D eigenvalue weighted by Gasteiger charge is -2.20. The van der Waals surface area contributed by atoms with Crippen molar-refractivity contribution in [1.82, 2.24) is 0 Å². The molecule has 1 aromatic rings. The first-order chi connectivity index (χ1) is 9.73. The van der Waals surface area contributed by atoms with Gasteiger partial charge in [0.25, 0.3) is 0 Å². The van der Waals surface area contributed by atoms with E-state index in [1.165, 1.54) is 0 Å². The van der Waals surface area contributed by atoms with Gasteiger partial charge in [0.15, 0.2) is 0 Å². The first-order valence-electron chi connectivity index (χ1n) is 6.41. The SMILES string of the molecule is CN=C/C=C(\N)c1cc(NC(=O)OC(C)(C)C)ccc1Br. The Morgan fingerprint density at radius 2 is 2.10 bits per heavy atom. The van der Waals surface area contributed by atoms with Gasteiger partial charge in [-0.15, -0.1) is 0 Å². The molecule has 0 saturated carbocycles. The van der Waals surface area contributed by atoms with Crippen LogP contribution in [0.15, 0.2) is 33.7 Å². The monoisotopic (exact) mass is 353 g/mol. The Morgan fingerprint density at radius 1 is 1.43 bits per heavy atom. The highest BCUT2D eigenvalue weighted by molar-refractivity contribution is 9.10. The number of nitrogens with zero attached hydrogens (tertiary/aromatic N) is 1. The minimum Gasteiger partial charge on any atom is -0.444 e. The first kappa shape index (κ1) is 17.2. The molecule has 6 heteroatoms. The van der Waals surface area contributed by atoms with Crippen molar-refractivity contribution in [3.8, 4) is 0 Å². The average Bonchev–Trinajstić information content (AvgIpc) is 2.36. The van der Waals surface area contributed by atoms with E-state index < -0.39 is 11.7 Å². The van der Waals surface area contributed by atoms with Crippen LogP contribution in [0.4, 0.5) is 10.5 Å². The second-order valence-electron chi connectivity index (χ2n) is 5.35. The maximum Gasteiger partial charge on any atom is 0.412 e. The molecule has 0 aliphatic heterocycles. The molecule has 21 heavy (non-hydrogen) atoms. The molecule has 1 rings (SSSR count). The number of rotatable bonds is 3. The van der Waals surface area contributed by atoms with Crippen molar-refractivity contribution in [3.05, 3.63) is 34.3 Å². The smallest absolute Gasteiger partial charge is 0.412 e. The summed E-state index contributed by atoms with van der Waals surface area (Å²) in [6, 6.07) is 5.34. The van der Waals surface area contributed by atoms with Crippen molar-refractivity contribution in [1.29, 1.82) is 0 Å². The molecule has 5 nitrogen and oxygen atoms in total. The van der Waals surface area contributed by atoms with E-state index in [0.29, 0.717) is 11.4 Å². The van der Waals surface area contributed by atoms with Crippen LogP contribution in [0.1, 0.15) is 26.3 Å². The van der Waals surface area contributed by atoms with Gasteiger partial charge in [-0.2, -0.15) is 0 Å². The van der Waals surface area contributed by atoms with E-state index >= 15 is 0 Å². The number of aliphatic imine (C=N–C) groups is 1. The minimum absolute atomic E-state index is 0.506. The van der Waals surface area contributed by atoms with Crippen molar-refractivity contribution in [3.63, 3.8) is 0 Å². The van der Waals surface area contributed by atoms with Gasteiger partial charge in [0.2, 0.25) is 0 Å². The number of ether oxygens (including phenoxy) is 1. The number of anilines is 1. The van der Waals surface area contributed by atoms with E-state index in [0.717, 1.165) is 10.0 Å². The molecule has 3 N–H and O–H groups in total. The first-order valence-corrected chi connectivity index (χ1v) is 7.20. The number of carbonyl (C=O) groups excluding carboxylic acids is 1. The number of hydrogen-bond acceptors (Lipinski definition) is 4. The number of nitrogens with one attached hydrogen (secondary N) is 1. The van der Waals surface area contributed by atoms with Crippen LogP contribution >= 0.6 is 15.9 Å². The lowest BCUT2D eigenvalue weighted by molar-refractivity contribution is 0.0636. The number of nitrogens with two attached hydrogens (primary N) is 1. The summed E-state index contributed by atoms with van der Waals surface area (Å²) in [5, 5.41) is 2.68. The molecule has 0 radical (unpaired) electrons. The van der Waals surface area contributed by atoms with E-state index in [-0.39, 0.29) is 0 Å². The predicted molar refractivity (Wildman–Crippen MR) is 90.6 cm³/mol. The molecule has 0 fully saturated rings. The summed E-state index contributed by atoms with van der Waals surface area (Å²) < 4.78 is 6.04. The zero-order chi connectivity index (χ0) is 16.0. The Hall–Kier alpha value is -1.82. The van der Waals surface area contributed by atoms with E-state index in [1.54, 1.807) is 31.5 Å². The highest BCUT2D eigenvalue weighted by Crippen LogP contribution is 2.25. The quantitative estimate of drug-likeness (QED) is 0.811. The molecule has 114 valence electrons. The minimum atomic E-state index is -0.543. The molecule has 0 aliphatic rings. The van der Waals surface area contributed by atoms with Crippen molar-refractivity contribution >= 4 is 39.6 Å². The molecule has 0 aromatic heterocycles. The van der Waals surface area contributed by atoms with Crippen molar-refractivity contribution in [2.75, 3.05) is 12.4 Å². The second-order valence-corrected chi connectivity index (χ2v) is 6.21.